The number of hydrogen-bond acceptors (Lipinski definition) is 5. The maximum atomic E-state index is 13.7. The fraction of sp³-hybridized carbons (Fsp3) is 0.667. The second-order valence-corrected chi connectivity index (χ2v) is 9.97. The first kappa shape index (κ1) is 21.5. The SMILES string of the molecule is CN1CCN(CCN2C(=O)c3cc4occc4n3CC2(C)C(=O)NC2CCCCC2)CC1. The predicted molar refractivity (Wildman–Crippen MR) is 123 cm³/mol. The second-order valence-electron chi connectivity index (χ2n) is 9.97. The van der Waals surface area contributed by atoms with Gasteiger partial charge in [0.1, 0.15) is 11.2 Å². The molecule has 0 spiro atoms. The van der Waals surface area contributed by atoms with E-state index in [1.54, 1.807) is 6.26 Å². The van der Waals surface area contributed by atoms with Gasteiger partial charge in [0.15, 0.2) is 5.58 Å². The van der Waals surface area contributed by atoms with Crippen molar-refractivity contribution >= 4 is 22.9 Å². The molecule has 1 N–H and O–H groups in total. The fourth-order valence-corrected chi connectivity index (χ4v) is 5.52. The number of furan rings is 1. The third-order valence-corrected chi connectivity index (χ3v) is 7.71. The monoisotopic (exact) mass is 441 g/mol. The smallest absolute Gasteiger partial charge is 0.271 e. The first-order valence-electron chi connectivity index (χ1n) is 12.1. The minimum Gasteiger partial charge on any atom is -0.463 e. The first-order chi connectivity index (χ1) is 15.5. The van der Waals surface area contributed by atoms with Crippen molar-refractivity contribution in [2.75, 3.05) is 46.3 Å². The van der Waals surface area contributed by atoms with E-state index in [1.807, 2.05) is 28.5 Å². The van der Waals surface area contributed by atoms with E-state index in [4.69, 9.17) is 4.42 Å². The Bertz CT molecular complexity index is 983. The van der Waals surface area contributed by atoms with Crippen LogP contribution in [0.3, 0.4) is 0 Å². The Morgan fingerprint density at radius 2 is 1.91 bits per heavy atom. The van der Waals surface area contributed by atoms with E-state index in [9.17, 15) is 9.59 Å². The molecule has 8 nitrogen and oxygen atoms in total. The van der Waals surface area contributed by atoms with Crippen molar-refractivity contribution in [1.82, 2.24) is 24.6 Å². The lowest BCUT2D eigenvalue weighted by Crippen LogP contribution is -2.66. The summed E-state index contributed by atoms with van der Waals surface area (Å²) >= 11 is 0. The lowest BCUT2D eigenvalue weighted by atomic mass is 9.91. The van der Waals surface area contributed by atoms with Gasteiger partial charge in [-0.25, -0.2) is 0 Å². The Labute approximate surface area is 189 Å². The van der Waals surface area contributed by atoms with Gasteiger partial charge in [-0.2, -0.15) is 0 Å². The van der Waals surface area contributed by atoms with E-state index >= 15 is 0 Å². The van der Waals surface area contributed by atoms with Crippen LogP contribution in [0.2, 0.25) is 0 Å². The van der Waals surface area contributed by atoms with Crippen molar-refractivity contribution in [2.45, 2.75) is 57.2 Å². The zero-order valence-electron chi connectivity index (χ0n) is 19.3. The lowest BCUT2D eigenvalue weighted by Gasteiger charge is -2.45. The molecule has 0 bridgehead atoms. The van der Waals surface area contributed by atoms with E-state index < -0.39 is 5.54 Å². The Balaban J connectivity index is 1.41. The van der Waals surface area contributed by atoms with Crippen LogP contribution in [-0.4, -0.2) is 89.0 Å². The van der Waals surface area contributed by atoms with Crippen LogP contribution >= 0.6 is 0 Å². The number of aromatic nitrogens is 1. The van der Waals surface area contributed by atoms with Gasteiger partial charge in [0.05, 0.1) is 18.3 Å². The second kappa shape index (κ2) is 8.56. The van der Waals surface area contributed by atoms with Gasteiger partial charge in [0, 0.05) is 57.4 Å². The highest BCUT2D eigenvalue weighted by atomic mass is 16.3. The molecule has 2 aromatic heterocycles. The highest BCUT2D eigenvalue weighted by Gasteiger charge is 2.48. The Morgan fingerprint density at radius 1 is 1.16 bits per heavy atom. The number of nitrogens with one attached hydrogen (secondary N) is 1. The third kappa shape index (κ3) is 3.83. The summed E-state index contributed by atoms with van der Waals surface area (Å²) in [5.74, 6) is -0.120. The van der Waals surface area contributed by atoms with E-state index in [2.05, 4.69) is 22.2 Å². The van der Waals surface area contributed by atoms with E-state index in [0.29, 0.717) is 24.4 Å². The molecule has 1 atom stereocenters. The van der Waals surface area contributed by atoms with Gasteiger partial charge in [-0.05, 0) is 26.8 Å². The molecule has 1 aliphatic carbocycles. The molecule has 2 amide bonds. The summed E-state index contributed by atoms with van der Waals surface area (Å²) in [6.45, 7) is 7.76. The molecule has 2 fully saturated rings. The Morgan fingerprint density at radius 3 is 2.66 bits per heavy atom. The first-order valence-corrected chi connectivity index (χ1v) is 12.1. The maximum Gasteiger partial charge on any atom is 0.271 e. The number of rotatable bonds is 5. The third-order valence-electron chi connectivity index (χ3n) is 7.71. The van der Waals surface area contributed by atoms with Crippen LogP contribution in [0.25, 0.3) is 11.1 Å². The van der Waals surface area contributed by atoms with Crippen molar-refractivity contribution in [1.29, 1.82) is 0 Å². The van der Waals surface area contributed by atoms with Crippen molar-refractivity contribution in [2.24, 2.45) is 0 Å². The maximum absolute atomic E-state index is 13.7. The molecule has 2 aliphatic heterocycles. The number of piperazine rings is 1. The summed E-state index contributed by atoms with van der Waals surface area (Å²) in [4.78, 5) is 33.9. The van der Waals surface area contributed by atoms with Crippen LogP contribution in [0.15, 0.2) is 22.8 Å². The molecule has 8 heteroatoms. The molecule has 0 radical (unpaired) electrons. The predicted octanol–water partition coefficient (Wildman–Crippen LogP) is 2.15. The number of carbonyl (C=O) groups is 2. The minimum absolute atomic E-state index is 0.0351. The molecule has 5 rings (SSSR count). The average molecular weight is 442 g/mol. The quantitative estimate of drug-likeness (QED) is 0.770. The molecule has 3 aliphatic rings. The van der Waals surface area contributed by atoms with Crippen LogP contribution in [0.5, 0.6) is 0 Å². The van der Waals surface area contributed by atoms with Crippen molar-refractivity contribution < 1.29 is 14.0 Å². The molecule has 1 saturated carbocycles. The normalized spacial score (nSPS) is 25.9. The minimum atomic E-state index is -0.933. The summed E-state index contributed by atoms with van der Waals surface area (Å²) in [6.07, 6.45) is 7.25. The highest BCUT2D eigenvalue weighted by Crippen LogP contribution is 2.33. The molecule has 1 unspecified atom stereocenters. The van der Waals surface area contributed by atoms with Crippen molar-refractivity contribution in [3.8, 4) is 0 Å². The van der Waals surface area contributed by atoms with Crippen LogP contribution in [0, 0.1) is 0 Å². The van der Waals surface area contributed by atoms with Gasteiger partial charge < -0.3 is 24.1 Å². The number of hydrogen-bond donors (Lipinski definition) is 1. The topological polar surface area (TPSA) is 74.0 Å². The molecule has 174 valence electrons. The lowest BCUT2D eigenvalue weighted by molar-refractivity contribution is -0.134. The van der Waals surface area contributed by atoms with Crippen LogP contribution in [-0.2, 0) is 11.3 Å². The van der Waals surface area contributed by atoms with Crippen LogP contribution in [0.1, 0.15) is 49.5 Å². The summed E-state index contributed by atoms with van der Waals surface area (Å²) in [5, 5.41) is 3.30. The molecule has 32 heavy (non-hydrogen) atoms. The standard InChI is InChI=1S/C24H35N5O3/c1-24(23(31)25-18-6-4-3-5-7-18)17-28-19-8-15-32-21(19)16-20(28)22(30)29(24)14-13-27-11-9-26(2)10-12-27/h8,15-16,18H,3-7,9-14,17H2,1-2H3,(H,25,31). The zero-order valence-corrected chi connectivity index (χ0v) is 19.3. The van der Waals surface area contributed by atoms with Crippen molar-refractivity contribution in [3.05, 3.63) is 24.1 Å². The average Bonchev–Trinajstić information content (AvgIpc) is 3.38. The highest BCUT2D eigenvalue weighted by molar-refractivity contribution is 6.02. The fourth-order valence-electron chi connectivity index (χ4n) is 5.52. The summed E-state index contributed by atoms with van der Waals surface area (Å²) < 4.78 is 7.53. The molecule has 1 saturated heterocycles. The number of likely N-dealkylation sites (N-methyl/N-ethyl adjacent to an activating group) is 1. The molecule has 2 aromatic rings. The molecule has 4 heterocycles. The number of nitrogens with zero attached hydrogens (tertiary/aromatic N) is 4. The van der Waals surface area contributed by atoms with Gasteiger partial charge in [-0.15, -0.1) is 0 Å². The van der Waals surface area contributed by atoms with E-state index in [1.165, 1.54) is 6.42 Å². The summed E-state index contributed by atoms with van der Waals surface area (Å²) in [7, 11) is 2.14. The van der Waals surface area contributed by atoms with Gasteiger partial charge in [-0.1, -0.05) is 19.3 Å². The Kier molecular flexibility index (Phi) is 5.75. The molecular formula is C24H35N5O3. The largest absolute Gasteiger partial charge is 0.463 e. The van der Waals surface area contributed by atoms with Gasteiger partial charge in [-0.3, -0.25) is 14.5 Å². The van der Waals surface area contributed by atoms with Gasteiger partial charge in [0.2, 0.25) is 5.91 Å². The summed E-state index contributed by atoms with van der Waals surface area (Å²) in [6, 6.07) is 3.91. The van der Waals surface area contributed by atoms with Crippen molar-refractivity contribution in [3.63, 3.8) is 0 Å². The van der Waals surface area contributed by atoms with Gasteiger partial charge >= 0.3 is 0 Å². The van der Waals surface area contributed by atoms with E-state index in [0.717, 1.165) is 63.9 Å². The number of fused-ring (bicyclic) bond motifs is 3. The summed E-state index contributed by atoms with van der Waals surface area (Å²) in [5.41, 5.74) is 1.26. The molecule has 0 aromatic carbocycles. The van der Waals surface area contributed by atoms with Crippen LogP contribution < -0.4 is 5.32 Å². The van der Waals surface area contributed by atoms with E-state index in [-0.39, 0.29) is 17.9 Å². The Hall–Kier alpha value is -2.32. The number of carbonyl (C=O) groups excluding carboxylic acids is 2. The van der Waals surface area contributed by atoms with Crippen LogP contribution in [0.4, 0.5) is 0 Å². The van der Waals surface area contributed by atoms with Gasteiger partial charge in [0.25, 0.3) is 5.91 Å². The number of amides is 2. The zero-order chi connectivity index (χ0) is 22.3. The molecular weight excluding hydrogens is 406 g/mol.